The largest absolute Gasteiger partial charge is 0.477 e. The third kappa shape index (κ3) is 5.27. The molecule has 7 heteroatoms. The number of halogens is 2. The van der Waals surface area contributed by atoms with E-state index in [4.69, 9.17) is 33.6 Å². The third-order valence-corrected chi connectivity index (χ3v) is 6.43. The maximum atomic E-state index is 11.1. The van der Waals surface area contributed by atoms with Crippen molar-refractivity contribution in [1.82, 2.24) is 0 Å². The first-order valence-electron chi connectivity index (χ1n) is 9.81. The summed E-state index contributed by atoms with van der Waals surface area (Å²) in [6.07, 6.45) is 1.38. The molecule has 0 atom stereocenters. The lowest BCUT2D eigenvalue weighted by molar-refractivity contribution is -0.132. The van der Waals surface area contributed by atoms with Crippen molar-refractivity contribution in [2.75, 3.05) is 4.90 Å². The highest BCUT2D eigenvalue weighted by Crippen LogP contribution is 2.37. The summed E-state index contributed by atoms with van der Waals surface area (Å²) in [4.78, 5) is 14.9. The van der Waals surface area contributed by atoms with Crippen molar-refractivity contribution in [3.05, 3.63) is 105 Å². The molecule has 1 heterocycles. The zero-order chi connectivity index (χ0) is 23.4. The number of nitriles is 1. The molecule has 4 rings (SSSR count). The molecule has 0 fully saturated rings. The Kier molecular flexibility index (Phi) is 6.81. The van der Waals surface area contributed by atoms with Gasteiger partial charge in [-0.1, -0.05) is 35.3 Å². The molecule has 0 bridgehead atoms. The van der Waals surface area contributed by atoms with Crippen LogP contribution in [0.5, 0.6) is 0 Å². The molecule has 0 radical (unpaired) electrons. The second-order valence-electron chi connectivity index (χ2n) is 7.01. The first-order valence-corrected chi connectivity index (χ1v) is 11.4. The molecule has 1 aromatic heterocycles. The van der Waals surface area contributed by atoms with Crippen LogP contribution in [0.3, 0.4) is 0 Å². The monoisotopic (exact) mass is 490 g/mol. The topological polar surface area (TPSA) is 64.3 Å². The molecular weight excluding hydrogens is 475 g/mol. The maximum absolute atomic E-state index is 11.1. The van der Waals surface area contributed by atoms with Crippen molar-refractivity contribution in [3.8, 4) is 16.5 Å². The van der Waals surface area contributed by atoms with Crippen molar-refractivity contribution in [1.29, 1.82) is 5.26 Å². The summed E-state index contributed by atoms with van der Waals surface area (Å²) in [6.45, 7) is 0. The minimum atomic E-state index is -1.23. The summed E-state index contributed by atoms with van der Waals surface area (Å²) in [7, 11) is 0. The molecule has 0 spiro atoms. The first kappa shape index (κ1) is 22.6. The van der Waals surface area contributed by atoms with Crippen molar-refractivity contribution in [2.45, 2.75) is 0 Å². The normalized spacial score (nSPS) is 11.1. The van der Waals surface area contributed by atoms with Gasteiger partial charge in [0.15, 0.2) is 0 Å². The molecule has 4 nitrogen and oxygen atoms in total. The molecule has 0 saturated carbocycles. The highest BCUT2D eigenvalue weighted by Gasteiger charge is 2.13. The molecule has 0 aliphatic rings. The number of carbonyl (C=O) groups is 1. The molecule has 0 unspecified atom stereocenters. The van der Waals surface area contributed by atoms with Crippen LogP contribution in [0.1, 0.15) is 4.88 Å². The average molecular weight is 491 g/mol. The van der Waals surface area contributed by atoms with Crippen molar-refractivity contribution in [3.63, 3.8) is 0 Å². The molecule has 33 heavy (non-hydrogen) atoms. The predicted molar refractivity (Wildman–Crippen MR) is 136 cm³/mol. The van der Waals surface area contributed by atoms with E-state index < -0.39 is 5.97 Å². The van der Waals surface area contributed by atoms with E-state index in [9.17, 15) is 4.79 Å². The number of hydrogen-bond donors (Lipinski definition) is 1. The van der Waals surface area contributed by atoms with Gasteiger partial charge in [-0.2, -0.15) is 5.26 Å². The average Bonchev–Trinajstić information content (AvgIpc) is 3.29. The third-order valence-electron chi connectivity index (χ3n) is 4.84. The van der Waals surface area contributed by atoms with Gasteiger partial charge in [0.25, 0.3) is 0 Å². The summed E-state index contributed by atoms with van der Waals surface area (Å²) in [5.74, 6) is -1.23. The fourth-order valence-electron chi connectivity index (χ4n) is 3.27. The SMILES string of the molecule is N#C/C(=C\c1ccc(-c2ccc(N(c3ccc(Cl)cc3)c3ccc(Cl)cc3)cc2)s1)C(=O)O. The van der Waals surface area contributed by atoms with Crippen LogP contribution in [-0.4, -0.2) is 11.1 Å². The summed E-state index contributed by atoms with van der Waals surface area (Å²) in [5, 5.41) is 19.3. The maximum Gasteiger partial charge on any atom is 0.346 e. The van der Waals surface area contributed by atoms with Crippen LogP contribution in [0, 0.1) is 11.3 Å². The molecule has 0 amide bonds. The predicted octanol–water partition coefficient (Wildman–Crippen LogP) is 8.18. The van der Waals surface area contributed by atoms with Crippen molar-refractivity contribution >= 4 is 63.6 Å². The summed E-state index contributed by atoms with van der Waals surface area (Å²) in [5.41, 5.74) is 3.56. The van der Waals surface area contributed by atoms with E-state index in [0.29, 0.717) is 14.9 Å². The number of rotatable bonds is 6. The number of nitrogens with zero attached hydrogens (tertiary/aromatic N) is 2. The van der Waals surface area contributed by atoms with Crippen LogP contribution in [0.25, 0.3) is 16.5 Å². The smallest absolute Gasteiger partial charge is 0.346 e. The van der Waals surface area contributed by atoms with Gasteiger partial charge in [0.05, 0.1) is 0 Å². The fourth-order valence-corrected chi connectivity index (χ4v) is 4.48. The van der Waals surface area contributed by atoms with Gasteiger partial charge in [-0.05, 0) is 84.4 Å². The molecule has 0 saturated heterocycles. The van der Waals surface area contributed by atoms with E-state index in [0.717, 1.165) is 27.5 Å². The van der Waals surface area contributed by atoms with E-state index in [1.54, 1.807) is 6.07 Å². The van der Waals surface area contributed by atoms with Crippen LogP contribution in [0.2, 0.25) is 10.0 Å². The highest BCUT2D eigenvalue weighted by molar-refractivity contribution is 7.16. The summed E-state index contributed by atoms with van der Waals surface area (Å²) >= 11 is 13.6. The van der Waals surface area contributed by atoms with Gasteiger partial charge in [-0.15, -0.1) is 11.3 Å². The molecule has 4 aromatic rings. The highest BCUT2D eigenvalue weighted by atomic mass is 35.5. The minimum Gasteiger partial charge on any atom is -0.477 e. The molecule has 3 aromatic carbocycles. The Balaban J connectivity index is 1.67. The van der Waals surface area contributed by atoms with Crippen LogP contribution < -0.4 is 4.90 Å². The summed E-state index contributed by atoms with van der Waals surface area (Å²) < 4.78 is 0. The Hall–Kier alpha value is -3.56. The Morgan fingerprint density at radius 1 is 0.818 bits per heavy atom. The number of hydrogen-bond acceptors (Lipinski definition) is 4. The second-order valence-corrected chi connectivity index (χ2v) is 9.00. The lowest BCUT2D eigenvalue weighted by Crippen LogP contribution is -2.09. The Labute approximate surface area is 205 Å². The number of thiophene rings is 1. The van der Waals surface area contributed by atoms with E-state index >= 15 is 0 Å². The minimum absolute atomic E-state index is 0.291. The second kappa shape index (κ2) is 9.93. The van der Waals surface area contributed by atoms with Gasteiger partial charge in [-0.3, -0.25) is 0 Å². The Morgan fingerprint density at radius 2 is 1.30 bits per heavy atom. The summed E-state index contributed by atoms with van der Waals surface area (Å²) in [6, 6.07) is 28.7. The van der Waals surface area contributed by atoms with Gasteiger partial charge in [0.1, 0.15) is 11.6 Å². The Bertz CT molecular complexity index is 1310. The van der Waals surface area contributed by atoms with Crippen molar-refractivity contribution in [2.24, 2.45) is 0 Å². The van der Waals surface area contributed by atoms with Gasteiger partial charge in [-0.25, -0.2) is 4.79 Å². The number of anilines is 3. The van der Waals surface area contributed by atoms with E-state index in [-0.39, 0.29) is 5.57 Å². The van der Waals surface area contributed by atoms with Crippen LogP contribution in [0.4, 0.5) is 17.1 Å². The van der Waals surface area contributed by atoms with E-state index in [1.807, 2.05) is 84.9 Å². The zero-order valence-corrected chi connectivity index (χ0v) is 19.4. The van der Waals surface area contributed by atoms with Crippen molar-refractivity contribution < 1.29 is 9.90 Å². The lowest BCUT2D eigenvalue weighted by Gasteiger charge is -2.25. The Morgan fingerprint density at radius 3 is 1.76 bits per heavy atom. The van der Waals surface area contributed by atoms with Crippen LogP contribution >= 0.6 is 34.5 Å². The fraction of sp³-hybridized carbons (Fsp3) is 0. The molecule has 0 aliphatic carbocycles. The number of aliphatic carboxylic acids is 1. The molecule has 162 valence electrons. The van der Waals surface area contributed by atoms with Gasteiger partial charge < -0.3 is 10.0 Å². The van der Waals surface area contributed by atoms with Gasteiger partial charge >= 0.3 is 5.97 Å². The lowest BCUT2D eigenvalue weighted by atomic mass is 10.1. The number of carboxylic acid groups (broad SMARTS) is 1. The quantitative estimate of drug-likeness (QED) is 0.218. The molecular formula is C26H16Cl2N2O2S. The van der Waals surface area contributed by atoms with Gasteiger partial charge in [0.2, 0.25) is 0 Å². The van der Waals surface area contributed by atoms with E-state index in [1.165, 1.54) is 17.4 Å². The zero-order valence-electron chi connectivity index (χ0n) is 17.1. The first-order chi connectivity index (χ1) is 15.9. The van der Waals surface area contributed by atoms with Gasteiger partial charge in [0, 0.05) is 36.9 Å². The van der Waals surface area contributed by atoms with E-state index in [2.05, 4.69) is 4.90 Å². The molecule has 0 aliphatic heterocycles. The standard InChI is InChI=1S/C26H16Cl2N2O2S/c27-19-3-9-22(10-4-19)30(23-11-5-20(28)6-12-23)21-7-1-17(2-8-21)25-14-13-24(33-25)15-18(16-29)26(31)32/h1-15H,(H,31,32)/b18-15+. The number of carboxylic acids is 1. The number of benzene rings is 3. The van der Waals surface area contributed by atoms with Crippen LogP contribution in [0.15, 0.2) is 90.5 Å². The van der Waals surface area contributed by atoms with Crippen LogP contribution in [-0.2, 0) is 4.79 Å². The molecule has 1 N–H and O–H groups in total.